The van der Waals surface area contributed by atoms with Crippen molar-refractivity contribution in [3.8, 4) is 0 Å². The van der Waals surface area contributed by atoms with Gasteiger partial charge in [-0.3, -0.25) is 4.79 Å². The molecule has 3 rings (SSSR count). The lowest BCUT2D eigenvalue weighted by atomic mass is 9.78. The Morgan fingerprint density at radius 3 is 2.57 bits per heavy atom. The second kappa shape index (κ2) is 6.86. The van der Waals surface area contributed by atoms with E-state index in [0.29, 0.717) is 16.0 Å². The first-order valence-electron chi connectivity index (χ1n) is 7.05. The summed E-state index contributed by atoms with van der Waals surface area (Å²) in [6, 6.07) is 5.45. The number of rotatable bonds is 1. The molecular formula is C15H19BrCl2N2O. The fourth-order valence-electron chi connectivity index (χ4n) is 3.24. The van der Waals surface area contributed by atoms with Crippen molar-refractivity contribution in [2.24, 2.45) is 5.41 Å². The number of nitrogens with one attached hydrogen (secondary N) is 1. The molecule has 0 atom stereocenters. The Labute approximate surface area is 144 Å². The van der Waals surface area contributed by atoms with Crippen LogP contribution in [0, 0.1) is 5.41 Å². The molecule has 0 bridgehead atoms. The van der Waals surface area contributed by atoms with Gasteiger partial charge in [0.2, 0.25) is 0 Å². The number of carbonyl (C=O) groups is 1. The van der Waals surface area contributed by atoms with Crippen LogP contribution in [0.15, 0.2) is 22.7 Å². The average Bonchev–Trinajstić information content (AvgIpc) is 2.87. The molecule has 2 saturated heterocycles. The van der Waals surface area contributed by atoms with Gasteiger partial charge in [-0.15, -0.1) is 12.4 Å². The van der Waals surface area contributed by atoms with E-state index in [0.717, 1.165) is 43.5 Å². The van der Waals surface area contributed by atoms with Crippen molar-refractivity contribution in [3.63, 3.8) is 0 Å². The summed E-state index contributed by atoms with van der Waals surface area (Å²) < 4.78 is 0.897. The van der Waals surface area contributed by atoms with E-state index >= 15 is 0 Å². The summed E-state index contributed by atoms with van der Waals surface area (Å²) in [5.74, 6) is 0.0586. The number of benzene rings is 1. The fraction of sp³-hybridized carbons (Fsp3) is 0.533. The van der Waals surface area contributed by atoms with Crippen LogP contribution in [0.2, 0.25) is 5.02 Å². The number of halogens is 3. The molecule has 2 aliphatic heterocycles. The number of hydrogen-bond acceptors (Lipinski definition) is 2. The lowest BCUT2D eigenvalue weighted by molar-refractivity contribution is 0.0608. The van der Waals surface area contributed by atoms with E-state index in [-0.39, 0.29) is 18.3 Å². The lowest BCUT2D eigenvalue weighted by Gasteiger charge is -2.39. The average molecular weight is 394 g/mol. The second-order valence-electron chi connectivity index (χ2n) is 5.84. The van der Waals surface area contributed by atoms with E-state index in [1.807, 2.05) is 11.0 Å². The minimum absolute atomic E-state index is 0. The smallest absolute Gasteiger partial charge is 0.255 e. The molecule has 0 unspecified atom stereocenters. The van der Waals surface area contributed by atoms with Gasteiger partial charge in [0.25, 0.3) is 5.91 Å². The normalized spacial score (nSPS) is 20.4. The van der Waals surface area contributed by atoms with Gasteiger partial charge in [-0.2, -0.15) is 0 Å². The molecule has 1 N–H and O–H groups in total. The zero-order valence-corrected chi connectivity index (χ0v) is 14.9. The molecule has 1 spiro atoms. The van der Waals surface area contributed by atoms with Crippen LogP contribution >= 0.6 is 39.9 Å². The van der Waals surface area contributed by atoms with Crippen LogP contribution in [0.25, 0.3) is 0 Å². The van der Waals surface area contributed by atoms with Gasteiger partial charge in [0.1, 0.15) is 0 Å². The molecule has 116 valence electrons. The number of hydrogen-bond donors (Lipinski definition) is 1. The molecule has 1 amide bonds. The largest absolute Gasteiger partial charge is 0.339 e. The summed E-state index contributed by atoms with van der Waals surface area (Å²) in [6.45, 7) is 3.90. The molecule has 2 aliphatic rings. The van der Waals surface area contributed by atoms with Crippen molar-refractivity contribution in [3.05, 3.63) is 33.3 Å². The number of amides is 1. The maximum atomic E-state index is 12.5. The Hall–Kier alpha value is -0.290. The highest BCUT2D eigenvalue weighted by Crippen LogP contribution is 2.37. The zero-order valence-electron chi connectivity index (χ0n) is 11.7. The van der Waals surface area contributed by atoms with Gasteiger partial charge in [0.05, 0.1) is 10.6 Å². The van der Waals surface area contributed by atoms with Gasteiger partial charge in [0, 0.05) is 24.1 Å². The maximum absolute atomic E-state index is 12.5. The standard InChI is InChI=1S/C15H18BrClN2O.ClH/c16-11-1-2-12(13(17)9-11)14(20)19-7-4-15(5-8-19)3-6-18-10-15;/h1-2,9,18H,3-8,10H2;1H. The van der Waals surface area contributed by atoms with Crippen LogP contribution in [0.5, 0.6) is 0 Å². The molecule has 3 nitrogen and oxygen atoms in total. The SMILES string of the molecule is Cl.O=C(c1ccc(Br)cc1Cl)N1CCC2(CCNC2)CC1. The number of piperidine rings is 1. The van der Waals surface area contributed by atoms with E-state index in [9.17, 15) is 4.79 Å². The summed E-state index contributed by atoms with van der Waals surface area (Å²) in [4.78, 5) is 14.5. The number of likely N-dealkylation sites (tertiary alicyclic amines) is 1. The predicted octanol–water partition coefficient (Wildman–Crippen LogP) is 3.74. The van der Waals surface area contributed by atoms with Gasteiger partial charge in [-0.1, -0.05) is 27.5 Å². The van der Waals surface area contributed by atoms with E-state index in [1.54, 1.807) is 12.1 Å². The molecule has 6 heteroatoms. The third-order valence-corrected chi connectivity index (χ3v) is 5.41. The van der Waals surface area contributed by atoms with Crippen LogP contribution in [-0.2, 0) is 0 Å². The zero-order chi connectivity index (χ0) is 14.2. The van der Waals surface area contributed by atoms with Crippen molar-refractivity contribution in [1.82, 2.24) is 10.2 Å². The Morgan fingerprint density at radius 2 is 2.00 bits per heavy atom. The predicted molar refractivity (Wildman–Crippen MR) is 91.5 cm³/mol. The molecule has 0 aliphatic carbocycles. The second-order valence-corrected chi connectivity index (χ2v) is 7.17. The quantitative estimate of drug-likeness (QED) is 0.788. The minimum Gasteiger partial charge on any atom is -0.339 e. The van der Waals surface area contributed by atoms with Gasteiger partial charge >= 0.3 is 0 Å². The molecule has 0 saturated carbocycles. The van der Waals surface area contributed by atoms with Crippen LogP contribution in [-0.4, -0.2) is 37.0 Å². The first-order chi connectivity index (χ1) is 9.60. The van der Waals surface area contributed by atoms with E-state index in [1.165, 1.54) is 6.42 Å². The molecule has 2 fully saturated rings. The third-order valence-electron chi connectivity index (χ3n) is 4.60. The highest BCUT2D eigenvalue weighted by atomic mass is 79.9. The molecular weight excluding hydrogens is 375 g/mol. The highest BCUT2D eigenvalue weighted by molar-refractivity contribution is 9.10. The van der Waals surface area contributed by atoms with E-state index in [2.05, 4.69) is 21.2 Å². The van der Waals surface area contributed by atoms with Gasteiger partial charge in [-0.05, 0) is 49.4 Å². The van der Waals surface area contributed by atoms with E-state index < -0.39 is 0 Å². The monoisotopic (exact) mass is 392 g/mol. The highest BCUT2D eigenvalue weighted by Gasteiger charge is 2.38. The molecule has 0 radical (unpaired) electrons. The Bertz CT molecular complexity index is 522. The van der Waals surface area contributed by atoms with Crippen LogP contribution in [0.1, 0.15) is 29.6 Å². The first kappa shape index (κ1) is 17.1. The summed E-state index contributed by atoms with van der Waals surface area (Å²) in [7, 11) is 0. The number of nitrogens with zero attached hydrogens (tertiary/aromatic N) is 1. The molecule has 1 aromatic rings. The van der Waals surface area contributed by atoms with Crippen molar-refractivity contribution in [2.75, 3.05) is 26.2 Å². The molecule has 1 aromatic carbocycles. The summed E-state index contributed by atoms with van der Waals surface area (Å²) >= 11 is 9.54. The van der Waals surface area contributed by atoms with Crippen molar-refractivity contribution in [2.45, 2.75) is 19.3 Å². The Kier molecular flexibility index (Phi) is 5.58. The van der Waals surface area contributed by atoms with Gasteiger partial charge < -0.3 is 10.2 Å². The first-order valence-corrected chi connectivity index (χ1v) is 8.22. The van der Waals surface area contributed by atoms with E-state index in [4.69, 9.17) is 11.6 Å². The van der Waals surface area contributed by atoms with Crippen LogP contribution < -0.4 is 5.32 Å². The minimum atomic E-state index is 0. The Balaban J connectivity index is 0.00000161. The molecule has 0 aromatic heterocycles. The third kappa shape index (κ3) is 3.55. The fourth-order valence-corrected chi connectivity index (χ4v) is 3.99. The van der Waals surface area contributed by atoms with Crippen molar-refractivity contribution >= 4 is 45.8 Å². The molecule has 21 heavy (non-hydrogen) atoms. The topological polar surface area (TPSA) is 32.3 Å². The lowest BCUT2D eigenvalue weighted by Crippen LogP contribution is -2.44. The Morgan fingerprint density at radius 1 is 1.29 bits per heavy atom. The van der Waals surface area contributed by atoms with Gasteiger partial charge in [0.15, 0.2) is 0 Å². The summed E-state index contributed by atoms with van der Waals surface area (Å²) in [6.07, 6.45) is 3.44. The van der Waals surface area contributed by atoms with Crippen molar-refractivity contribution < 1.29 is 4.79 Å². The van der Waals surface area contributed by atoms with Crippen LogP contribution in [0.3, 0.4) is 0 Å². The summed E-state index contributed by atoms with van der Waals surface area (Å²) in [5.41, 5.74) is 1.04. The molecule has 2 heterocycles. The van der Waals surface area contributed by atoms with Crippen LogP contribution in [0.4, 0.5) is 0 Å². The van der Waals surface area contributed by atoms with Gasteiger partial charge in [-0.25, -0.2) is 0 Å². The summed E-state index contributed by atoms with van der Waals surface area (Å²) in [5, 5.41) is 3.96. The number of carbonyl (C=O) groups excluding carboxylic acids is 1. The maximum Gasteiger partial charge on any atom is 0.255 e. The van der Waals surface area contributed by atoms with Crippen molar-refractivity contribution in [1.29, 1.82) is 0 Å².